The van der Waals surface area contributed by atoms with Crippen LogP contribution in [0.2, 0.25) is 0 Å². The van der Waals surface area contributed by atoms with E-state index in [1.807, 2.05) is 18.2 Å². The summed E-state index contributed by atoms with van der Waals surface area (Å²) in [6.07, 6.45) is 5.42. The van der Waals surface area contributed by atoms with Crippen LogP contribution in [0.25, 0.3) is 0 Å². The van der Waals surface area contributed by atoms with Crippen molar-refractivity contribution in [2.45, 2.75) is 31.7 Å². The van der Waals surface area contributed by atoms with Crippen molar-refractivity contribution in [1.82, 2.24) is 10.3 Å². The van der Waals surface area contributed by atoms with Crippen LogP contribution in [0.3, 0.4) is 0 Å². The minimum absolute atomic E-state index is 0.0374. The molecule has 2 rings (SSSR count). The van der Waals surface area contributed by atoms with Crippen LogP contribution in [0, 0.1) is 5.92 Å². The van der Waals surface area contributed by atoms with Gasteiger partial charge in [0, 0.05) is 32.5 Å². The lowest BCUT2D eigenvalue weighted by Gasteiger charge is -2.26. The van der Waals surface area contributed by atoms with Gasteiger partial charge in [0.2, 0.25) is 5.91 Å². The molecular weight excluding hydrogens is 280 g/mol. The van der Waals surface area contributed by atoms with Gasteiger partial charge in [-0.15, -0.1) is 0 Å². The molecule has 0 spiro atoms. The summed E-state index contributed by atoms with van der Waals surface area (Å²) < 4.78 is 5.29. The third-order valence-corrected chi connectivity index (χ3v) is 3.95. The van der Waals surface area contributed by atoms with Gasteiger partial charge in [0.1, 0.15) is 5.82 Å². The van der Waals surface area contributed by atoms with Crippen LogP contribution >= 0.6 is 0 Å². The Kier molecular flexibility index (Phi) is 7.12. The van der Waals surface area contributed by atoms with Crippen LogP contribution in [0.15, 0.2) is 24.4 Å². The molecule has 1 aromatic rings. The van der Waals surface area contributed by atoms with Crippen molar-refractivity contribution in [2.75, 3.05) is 31.6 Å². The number of rotatable bonds is 8. The van der Waals surface area contributed by atoms with Crippen LogP contribution in [0.1, 0.15) is 25.7 Å². The van der Waals surface area contributed by atoms with Crippen molar-refractivity contribution in [3.63, 3.8) is 0 Å². The number of hydrogen-bond acceptors (Lipinski definition) is 5. The van der Waals surface area contributed by atoms with E-state index in [-0.39, 0.29) is 11.8 Å². The van der Waals surface area contributed by atoms with Gasteiger partial charge in [0.25, 0.3) is 0 Å². The Hall–Kier alpha value is -1.66. The molecule has 0 aliphatic carbocycles. The zero-order valence-corrected chi connectivity index (χ0v) is 13.0. The summed E-state index contributed by atoms with van der Waals surface area (Å²) in [4.78, 5) is 16.2. The maximum Gasteiger partial charge on any atom is 0.237 e. The van der Waals surface area contributed by atoms with E-state index >= 15 is 0 Å². The van der Waals surface area contributed by atoms with Crippen LogP contribution in [0.5, 0.6) is 0 Å². The van der Waals surface area contributed by atoms with Crippen LogP contribution in [0.4, 0.5) is 5.82 Å². The van der Waals surface area contributed by atoms with E-state index in [1.54, 1.807) is 6.20 Å². The molecule has 1 aliphatic rings. The van der Waals surface area contributed by atoms with Crippen LogP contribution in [-0.2, 0) is 9.53 Å². The Labute approximate surface area is 131 Å². The topological polar surface area (TPSA) is 89.3 Å². The van der Waals surface area contributed by atoms with Crippen molar-refractivity contribution in [2.24, 2.45) is 11.7 Å². The summed E-state index contributed by atoms with van der Waals surface area (Å²) in [6.45, 7) is 2.94. The molecule has 6 nitrogen and oxygen atoms in total. The summed E-state index contributed by atoms with van der Waals surface area (Å²) in [5, 5.41) is 6.18. The smallest absolute Gasteiger partial charge is 0.237 e. The normalized spacial score (nSPS) is 17.0. The minimum atomic E-state index is -0.407. The first kappa shape index (κ1) is 16.7. The number of ether oxygens (including phenoxy) is 1. The van der Waals surface area contributed by atoms with Gasteiger partial charge in [-0.3, -0.25) is 4.79 Å². The lowest BCUT2D eigenvalue weighted by molar-refractivity contribution is -0.124. The third-order valence-electron chi connectivity index (χ3n) is 3.95. The maximum atomic E-state index is 12.0. The fraction of sp³-hybridized carbons (Fsp3) is 0.625. The van der Waals surface area contributed by atoms with E-state index in [9.17, 15) is 4.79 Å². The molecule has 1 unspecified atom stereocenters. The number of aromatic nitrogens is 1. The number of nitrogens with one attached hydrogen (secondary N) is 2. The van der Waals surface area contributed by atoms with Crippen molar-refractivity contribution in [1.29, 1.82) is 0 Å². The highest BCUT2D eigenvalue weighted by Gasteiger charge is 2.26. The summed E-state index contributed by atoms with van der Waals surface area (Å²) in [5.74, 6) is 1.09. The summed E-state index contributed by atoms with van der Waals surface area (Å²) >= 11 is 0. The quantitative estimate of drug-likeness (QED) is 0.627. The molecule has 0 radical (unpaired) electrons. The lowest BCUT2D eigenvalue weighted by Crippen LogP contribution is -2.47. The Balaban J connectivity index is 1.53. The van der Waals surface area contributed by atoms with Crippen molar-refractivity contribution >= 4 is 11.7 Å². The number of unbranched alkanes of at least 4 members (excludes halogenated alkanes) is 1. The number of nitrogens with zero attached hydrogens (tertiary/aromatic N) is 1. The molecule has 1 aromatic heterocycles. The SMILES string of the molecule is NC(C(=O)NCCCCNc1ccccn1)C1CCOCC1. The lowest BCUT2D eigenvalue weighted by atomic mass is 9.92. The fourth-order valence-electron chi connectivity index (χ4n) is 2.55. The molecule has 0 saturated carbocycles. The number of amides is 1. The number of carbonyl (C=O) groups excluding carboxylic acids is 1. The largest absolute Gasteiger partial charge is 0.381 e. The average Bonchev–Trinajstić information content (AvgIpc) is 2.58. The molecule has 1 fully saturated rings. The number of pyridine rings is 1. The van der Waals surface area contributed by atoms with E-state index in [4.69, 9.17) is 10.5 Å². The van der Waals surface area contributed by atoms with Gasteiger partial charge in [-0.2, -0.15) is 0 Å². The zero-order chi connectivity index (χ0) is 15.6. The number of hydrogen-bond donors (Lipinski definition) is 3. The van der Waals surface area contributed by atoms with Gasteiger partial charge >= 0.3 is 0 Å². The summed E-state index contributed by atoms with van der Waals surface area (Å²) in [7, 11) is 0. The molecule has 4 N–H and O–H groups in total. The first-order chi connectivity index (χ1) is 10.8. The summed E-state index contributed by atoms with van der Waals surface area (Å²) in [5.41, 5.74) is 6.02. The predicted molar refractivity (Wildman–Crippen MR) is 86.5 cm³/mol. The highest BCUT2D eigenvalue weighted by Crippen LogP contribution is 2.17. The molecule has 1 saturated heterocycles. The van der Waals surface area contributed by atoms with Crippen molar-refractivity contribution in [3.8, 4) is 0 Å². The molecule has 0 bridgehead atoms. The second-order valence-electron chi connectivity index (χ2n) is 5.62. The van der Waals surface area contributed by atoms with Gasteiger partial charge < -0.3 is 21.1 Å². The molecule has 122 valence electrons. The molecule has 1 aliphatic heterocycles. The standard InChI is InChI=1S/C16H26N4O2/c17-15(13-6-11-22-12-7-13)16(21)20-10-4-3-9-19-14-5-1-2-8-18-14/h1-2,5,8,13,15H,3-4,6-7,9-12,17H2,(H,18,19)(H,20,21). The molecule has 22 heavy (non-hydrogen) atoms. The monoisotopic (exact) mass is 306 g/mol. The highest BCUT2D eigenvalue weighted by atomic mass is 16.5. The molecule has 1 amide bonds. The Morgan fingerprint density at radius 1 is 1.32 bits per heavy atom. The van der Waals surface area contributed by atoms with Gasteiger partial charge in [0.05, 0.1) is 6.04 Å². The van der Waals surface area contributed by atoms with Crippen LogP contribution in [-0.4, -0.2) is 43.2 Å². The van der Waals surface area contributed by atoms with Gasteiger partial charge in [0.15, 0.2) is 0 Å². The Morgan fingerprint density at radius 3 is 2.82 bits per heavy atom. The molecule has 0 aromatic carbocycles. The van der Waals surface area contributed by atoms with Crippen LogP contribution < -0.4 is 16.4 Å². The average molecular weight is 306 g/mol. The second-order valence-corrected chi connectivity index (χ2v) is 5.62. The maximum absolute atomic E-state index is 12.0. The Bertz CT molecular complexity index is 435. The fourth-order valence-corrected chi connectivity index (χ4v) is 2.55. The second kappa shape index (κ2) is 9.38. The number of anilines is 1. The first-order valence-electron chi connectivity index (χ1n) is 8.03. The third kappa shape index (κ3) is 5.61. The van der Waals surface area contributed by atoms with E-state index in [1.165, 1.54) is 0 Å². The molecule has 6 heteroatoms. The predicted octanol–water partition coefficient (Wildman–Crippen LogP) is 1.14. The molecule has 2 heterocycles. The van der Waals surface area contributed by atoms with E-state index in [2.05, 4.69) is 15.6 Å². The summed E-state index contributed by atoms with van der Waals surface area (Å²) in [6, 6.07) is 5.38. The van der Waals surface area contributed by atoms with Gasteiger partial charge in [-0.25, -0.2) is 4.98 Å². The van der Waals surface area contributed by atoms with E-state index < -0.39 is 6.04 Å². The molecular formula is C16H26N4O2. The Morgan fingerprint density at radius 2 is 2.09 bits per heavy atom. The number of carbonyl (C=O) groups is 1. The number of nitrogens with two attached hydrogens (primary N) is 1. The van der Waals surface area contributed by atoms with Crippen molar-refractivity contribution < 1.29 is 9.53 Å². The van der Waals surface area contributed by atoms with E-state index in [0.29, 0.717) is 19.8 Å². The first-order valence-corrected chi connectivity index (χ1v) is 8.03. The van der Waals surface area contributed by atoms with Gasteiger partial charge in [-0.1, -0.05) is 6.07 Å². The van der Waals surface area contributed by atoms with Crippen molar-refractivity contribution in [3.05, 3.63) is 24.4 Å². The molecule has 1 atom stereocenters. The van der Waals surface area contributed by atoms with Gasteiger partial charge in [-0.05, 0) is 43.7 Å². The van der Waals surface area contributed by atoms with E-state index in [0.717, 1.165) is 38.0 Å². The minimum Gasteiger partial charge on any atom is -0.381 e. The zero-order valence-electron chi connectivity index (χ0n) is 13.0. The highest BCUT2D eigenvalue weighted by molar-refractivity contribution is 5.81.